The Morgan fingerprint density at radius 2 is 1.70 bits per heavy atom. The van der Waals surface area contributed by atoms with Gasteiger partial charge in [-0.1, -0.05) is 0 Å². The van der Waals surface area contributed by atoms with Crippen LogP contribution in [0.4, 0.5) is 18.0 Å². The van der Waals surface area contributed by atoms with E-state index in [9.17, 15) is 26.4 Å². The molecule has 0 unspecified atom stereocenters. The van der Waals surface area contributed by atoms with Crippen LogP contribution in [0.3, 0.4) is 0 Å². The normalized spacial score (nSPS) is 17.1. The first-order valence-corrected chi connectivity index (χ1v) is 8.15. The van der Waals surface area contributed by atoms with Crippen molar-refractivity contribution in [2.75, 3.05) is 13.1 Å². The highest BCUT2D eigenvalue weighted by Gasteiger charge is 2.46. The third-order valence-corrected chi connectivity index (χ3v) is 4.96. The molecule has 1 aliphatic heterocycles. The largest absolute Gasteiger partial charge is 0.501 e. The number of piperidine rings is 1. The van der Waals surface area contributed by atoms with Crippen molar-refractivity contribution in [1.82, 2.24) is 4.90 Å². The lowest BCUT2D eigenvalue weighted by Gasteiger charge is -2.30. The van der Waals surface area contributed by atoms with Gasteiger partial charge in [0.05, 0.1) is 4.90 Å². The zero-order valence-corrected chi connectivity index (χ0v) is 12.6. The third-order valence-electron chi connectivity index (χ3n) is 3.45. The second-order valence-corrected chi connectivity index (χ2v) is 6.95. The van der Waals surface area contributed by atoms with E-state index in [0.29, 0.717) is 25.9 Å². The van der Waals surface area contributed by atoms with E-state index in [1.54, 1.807) is 0 Å². The molecule has 23 heavy (non-hydrogen) atoms. The Bertz CT molecular complexity index is 664. The molecule has 0 atom stereocenters. The molecular weight excluding hydrogens is 339 g/mol. The van der Waals surface area contributed by atoms with E-state index in [0.717, 1.165) is 24.3 Å². The van der Waals surface area contributed by atoms with Crippen LogP contribution in [-0.2, 0) is 9.84 Å². The van der Waals surface area contributed by atoms with Crippen molar-refractivity contribution in [1.29, 1.82) is 0 Å². The Hall–Kier alpha value is -1.97. The van der Waals surface area contributed by atoms with Crippen LogP contribution < -0.4 is 4.74 Å². The SMILES string of the molecule is O=C(O)N1CCC(Oc2ccc(S(=O)(=O)C(F)(F)F)cc2)CC1. The van der Waals surface area contributed by atoms with Crippen LogP contribution in [0.1, 0.15) is 12.8 Å². The quantitative estimate of drug-likeness (QED) is 0.903. The third kappa shape index (κ3) is 3.87. The van der Waals surface area contributed by atoms with Gasteiger partial charge in [-0.05, 0) is 24.3 Å². The second-order valence-electron chi connectivity index (χ2n) is 5.01. The average Bonchev–Trinajstić information content (AvgIpc) is 2.47. The van der Waals surface area contributed by atoms with Gasteiger partial charge in [0, 0.05) is 25.9 Å². The molecule has 1 aromatic carbocycles. The molecule has 2 rings (SSSR count). The first-order chi connectivity index (χ1) is 10.6. The summed E-state index contributed by atoms with van der Waals surface area (Å²) in [5.41, 5.74) is -5.35. The number of nitrogens with zero attached hydrogens (tertiary/aromatic N) is 1. The van der Waals surface area contributed by atoms with E-state index in [4.69, 9.17) is 9.84 Å². The molecule has 0 radical (unpaired) electrons. The Morgan fingerprint density at radius 3 is 2.13 bits per heavy atom. The van der Waals surface area contributed by atoms with Crippen LogP contribution in [-0.4, -0.2) is 49.2 Å². The van der Waals surface area contributed by atoms with E-state index in [2.05, 4.69) is 0 Å². The number of hydrogen-bond acceptors (Lipinski definition) is 4. The second kappa shape index (κ2) is 6.26. The highest BCUT2D eigenvalue weighted by Crippen LogP contribution is 2.31. The van der Waals surface area contributed by atoms with Crippen LogP contribution in [0.25, 0.3) is 0 Å². The Kier molecular flexibility index (Phi) is 4.73. The maximum absolute atomic E-state index is 12.4. The van der Waals surface area contributed by atoms with E-state index >= 15 is 0 Å². The molecular formula is C13H14F3NO5S. The fourth-order valence-electron chi connectivity index (χ4n) is 2.19. The predicted octanol–water partition coefficient (Wildman–Crippen LogP) is 2.50. The summed E-state index contributed by atoms with van der Waals surface area (Å²) in [5, 5.41) is 8.82. The summed E-state index contributed by atoms with van der Waals surface area (Å²) in [5.74, 6) is 0.236. The standard InChI is InChI=1S/C13H14F3NO5S/c14-13(15,16)23(20,21)11-3-1-9(2-4-11)22-10-5-7-17(8-6-10)12(18)19/h1-4,10H,5-8H2,(H,18,19). The summed E-state index contributed by atoms with van der Waals surface area (Å²) in [7, 11) is -5.37. The van der Waals surface area contributed by atoms with E-state index in [-0.39, 0.29) is 11.9 Å². The van der Waals surface area contributed by atoms with Gasteiger partial charge in [0.25, 0.3) is 9.84 Å². The van der Waals surface area contributed by atoms with Crippen LogP contribution in [0.5, 0.6) is 5.75 Å². The van der Waals surface area contributed by atoms with Gasteiger partial charge in [-0.2, -0.15) is 13.2 Å². The molecule has 6 nitrogen and oxygen atoms in total. The van der Waals surface area contributed by atoms with Crippen molar-refractivity contribution < 1.29 is 36.2 Å². The number of hydrogen-bond donors (Lipinski definition) is 1. The number of benzene rings is 1. The molecule has 10 heteroatoms. The summed E-state index contributed by atoms with van der Waals surface area (Å²) in [6, 6.07) is 3.99. The van der Waals surface area contributed by atoms with Crippen molar-refractivity contribution in [2.24, 2.45) is 0 Å². The fraction of sp³-hybridized carbons (Fsp3) is 0.462. The van der Waals surface area contributed by atoms with Crippen molar-refractivity contribution >= 4 is 15.9 Å². The number of rotatable bonds is 3. The minimum Gasteiger partial charge on any atom is -0.490 e. The predicted molar refractivity (Wildman–Crippen MR) is 72.9 cm³/mol. The zero-order valence-electron chi connectivity index (χ0n) is 11.8. The zero-order chi connectivity index (χ0) is 17.3. The first kappa shape index (κ1) is 17.4. The first-order valence-electron chi connectivity index (χ1n) is 6.67. The Labute approximate surface area is 130 Å². The number of carboxylic acid groups (broad SMARTS) is 1. The molecule has 1 heterocycles. The lowest BCUT2D eigenvalue weighted by molar-refractivity contribution is -0.0436. The van der Waals surface area contributed by atoms with Crippen molar-refractivity contribution in [2.45, 2.75) is 29.3 Å². The van der Waals surface area contributed by atoms with E-state index in [1.807, 2.05) is 0 Å². The van der Waals surface area contributed by atoms with Gasteiger partial charge in [-0.15, -0.1) is 0 Å². The molecule has 1 saturated heterocycles. The lowest BCUT2D eigenvalue weighted by Crippen LogP contribution is -2.41. The molecule has 0 saturated carbocycles. The van der Waals surface area contributed by atoms with Gasteiger partial charge in [0.15, 0.2) is 0 Å². The van der Waals surface area contributed by atoms with Crippen molar-refractivity contribution in [3.05, 3.63) is 24.3 Å². The highest BCUT2D eigenvalue weighted by molar-refractivity contribution is 7.92. The van der Waals surface area contributed by atoms with Crippen LogP contribution >= 0.6 is 0 Å². The molecule has 0 spiro atoms. The Balaban J connectivity index is 2.00. The summed E-state index contributed by atoms with van der Waals surface area (Å²) in [6.07, 6.45) is -0.370. The monoisotopic (exact) mass is 353 g/mol. The van der Waals surface area contributed by atoms with E-state index in [1.165, 1.54) is 4.90 Å². The number of halogens is 3. The fourth-order valence-corrected chi connectivity index (χ4v) is 2.95. The number of ether oxygens (including phenoxy) is 1. The van der Waals surface area contributed by atoms with Crippen LogP contribution in [0.2, 0.25) is 0 Å². The number of carbonyl (C=O) groups is 1. The molecule has 1 aromatic rings. The summed E-state index contributed by atoms with van der Waals surface area (Å²) in [4.78, 5) is 11.2. The lowest BCUT2D eigenvalue weighted by atomic mass is 10.1. The minimum atomic E-state index is -5.37. The maximum atomic E-state index is 12.4. The topological polar surface area (TPSA) is 83.9 Å². The number of amides is 1. The number of sulfone groups is 1. The van der Waals surface area contributed by atoms with Crippen molar-refractivity contribution in [3.63, 3.8) is 0 Å². The van der Waals surface area contributed by atoms with Gasteiger partial charge in [-0.3, -0.25) is 0 Å². The van der Waals surface area contributed by atoms with Crippen LogP contribution in [0.15, 0.2) is 29.2 Å². The maximum Gasteiger partial charge on any atom is 0.501 e. The summed E-state index contributed by atoms with van der Waals surface area (Å²) >= 11 is 0. The number of likely N-dealkylation sites (tertiary alicyclic amines) is 1. The Morgan fingerprint density at radius 1 is 1.17 bits per heavy atom. The molecule has 1 amide bonds. The van der Waals surface area contributed by atoms with Gasteiger partial charge < -0.3 is 14.7 Å². The van der Waals surface area contributed by atoms with Crippen LogP contribution in [0, 0.1) is 0 Å². The smallest absolute Gasteiger partial charge is 0.490 e. The van der Waals surface area contributed by atoms with Gasteiger partial charge in [-0.25, -0.2) is 13.2 Å². The highest BCUT2D eigenvalue weighted by atomic mass is 32.2. The summed E-state index contributed by atoms with van der Waals surface area (Å²) in [6.45, 7) is 0.612. The molecule has 1 aliphatic rings. The van der Waals surface area contributed by atoms with Crippen molar-refractivity contribution in [3.8, 4) is 5.75 Å². The van der Waals surface area contributed by atoms with Gasteiger partial charge >= 0.3 is 11.6 Å². The minimum absolute atomic E-state index is 0.236. The number of alkyl halides is 3. The average molecular weight is 353 g/mol. The molecule has 0 bridgehead atoms. The molecule has 0 aromatic heterocycles. The molecule has 0 aliphatic carbocycles. The van der Waals surface area contributed by atoms with E-state index < -0.39 is 26.3 Å². The van der Waals surface area contributed by atoms with Gasteiger partial charge in [0.2, 0.25) is 0 Å². The molecule has 1 N–H and O–H groups in total. The molecule has 1 fully saturated rings. The summed E-state index contributed by atoms with van der Waals surface area (Å²) < 4.78 is 65.3. The van der Waals surface area contributed by atoms with Gasteiger partial charge in [0.1, 0.15) is 11.9 Å². The molecule has 128 valence electrons.